The summed E-state index contributed by atoms with van der Waals surface area (Å²) in [6.45, 7) is 10.8. The molecule has 0 bridgehead atoms. The van der Waals surface area contributed by atoms with E-state index in [2.05, 4.69) is 31.0 Å². The average Bonchev–Trinajstić information content (AvgIpc) is 3.49. The van der Waals surface area contributed by atoms with Crippen molar-refractivity contribution in [1.29, 1.82) is 0 Å². The fraction of sp³-hybridized carbons (Fsp3) is 0.500. The Balaban J connectivity index is 1.26. The van der Waals surface area contributed by atoms with E-state index in [0.29, 0.717) is 30.1 Å². The molecule has 3 aromatic rings. The summed E-state index contributed by atoms with van der Waals surface area (Å²) in [4.78, 5) is 30.8. The molecule has 2 unspecified atom stereocenters. The second-order valence-electron chi connectivity index (χ2n) is 11.9. The van der Waals surface area contributed by atoms with E-state index in [1.165, 1.54) is 0 Å². The highest BCUT2D eigenvalue weighted by atomic mass is 79.9. The predicted molar refractivity (Wildman–Crippen MR) is 173 cm³/mol. The lowest BCUT2D eigenvalue weighted by atomic mass is 9.95. The van der Waals surface area contributed by atoms with Crippen LogP contribution in [0.25, 0.3) is 0 Å². The zero-order valence-electron chi connectivity index (χ0n) is 26.1. The molecule has 2 aliphatic rings. The summed E-state index contributed by atoms with van der Waals surface area (Å²) in [6.07, 6.45) is 5.90. The van der Waals surface area contributed by atoms with Crippen molar-refractivity contribution in [3.05, 3.63) is 68.4 Å². The molecule has 12 heteroatoms. The van der Waals surface area contributed by atoms with Gasteiger partial charge in [-0.25, -0.2) is 17.8 Å². The minimum Gasteiger partial charge on any atom is -0.334 e. The van der Waals surface area contributed by atoms with Crippen LogP contribution in [0.2, 0.25) is 0 Å². The highest BCUT2D eigenvalue weighted by Gasteiger charge is 2.35. The Morgan fingerprint density at radius 3 is 2.23 bits per heavy atom. The highest BCUT2D eigenvalue weighted by Crippen LogP contribution is 2.33. The third-order valence-electron chi connectivity index (χ3n) is 9.39. The van der Waals surface area contributed by atoms with Crippen LogP contribution in [0.3, 0.4) is 0 Å². The van der Waals surface area contributed by atoms with Gasteiger partial charge in [0, 0.05) is 36.2 Å². The van der Waals surface area contributed by atoms with Crippen molar-refractivity contribution in [2.75, 3.05) is 24.5 Å². The molecule has 2 saturated heterocycles. The van der Waals surface area contributed by atoms with Gasteiger partial charge in [-0.1, -0.05) is 21.1 Å². The Labute approximate surface area is 268 Å². The normalized spacial score (nSPS) is 19.5. The van der Waals surface area contributed by atoms with Gasteiger partial charge in [0.05, 0.1) is 17.1 Å². The van der Waals surface area contributed by atoms with Crippen LogP contribution in [0.5, 0.6) is 0 Å². The molecule has 10 nitrogen and oxygen atoms in total. The Hall–Kier alpha value is -3.09. The van der Waals surface area contributed by atoms with Gasteiger partial charge in [0.2, 0.25) is 15.9 Å². The first kappa shape index (κ1) is 32.3. The summed E-state index contributed by atoms with van der Waals surface area (Å²) in [7, 11) is -3.80. The zero-order chi connectivity index (χ0) is 31.8. The van der Waals surface area contributed by atoms with Gasteiger partial charge in [-0.05, 0) is 119 Å². The maximum absolute atomic E-state index is 13.5. The van der Waals surface area contributed by atoms with Gasteiger partial charge < -0.3 is 9.80 Å². The number of likely N-dealkylation sites (tertiary alicyclic amines) is 1. The van der Waals surface area contributed by atoms with Gasteiger partial charge in [-0.3, -0.25) is 9.59 Å². The van der Waals surface area contributed by atoms with Gasteiger partial charge in [0.1, 0.15) is 11.7 Å². The number of carbonyl (C=O) groups is 2. The van der Waals surface area contributed by atoms with Crippen molar-refractivity contribution in [2.24, 2.45) is 0 Å². The Morgan fingerprint density at radius 2 is 1.55 bits per heavy atom. The van der Waals surface area contributed by atoms with Crippen molar-refractivity contribution in [3.8, 4) is 0 Å². The number of piperidine rings is 2. The van der Waals surface area contributed by atoms with Crippen molar-refractivity contribution in [1.82, 2.24) is 24.6 Å². The number of amides is 2. The fourth-order valence-electron chi connectivity index (χ4n) is 6.49. The minimum absolute atomic E-state index is 0.00436. The van der Waals surface area contributed by atoms with Gasteiger partial charge in [-0.15, -0.1) is 5.10 Å². The molecular weight excluding hydrogens is 644 g/mol. The summed E-state index contributed by atoms with van der Waals surface area (Å²) in [6, 6.07) is 6.96. The van der Waals surface area contributed by atoms with Gasteiger partial charge in [0.15, 0.2) is 0 Å². The molecule has 1 N–H and O–H groups in total. The number of nitrogens with zero attached hydrogens (tertiary/aromatic N) is 5. The fourth-order valence-corrected chi connectivity index (χ4v) is 8.38. The SMILES string of the molecule is Cc1c(C)c(C)c(S(=O)(=O)NCCC(=O)N2CCCCC2c2cn(C3CCCN(c4ccc(Br)cc4)C3=O)nn2)c(C)c1C. The van der Waals surface area contributed by atoms with Crippen LogP contribution in [-0.4, -0.2) is 59.8 Å². The Morgan fingerprint density at radius 1 is 0.909 bits per heavy atom. The number of anilines is 1. The number of carbonyl (C=O) groups excluding carboxylic acids is 2. The molecule has 3 heterocycles. The maximum Gasteiger partial charge on any atom is 0.251 e. The quantitative estimate of drug-likeness (QED) is 0.341. The Kier molecular flexibility index (Phi) is 9.62. The number of rotatable bonds is 8. The summed E-state index contributed by atoms with van der Waals surface area (Å²) in [5.41, 5.74) is 6.00. The maximum atomic E-state index is 13.5. The molecule has 44 heavy (non-hydrogen) atoms. The standard InChI is InChI=1S/C32H41BrN6O4S/c1-20-21(2)23(4)31(24(5)22(20)3)44(42,43)34-16-15-30(40)38-17-7-6-9-28(38)27-19-39(36-35-27)29-10-8-18-37(32(29)41)26-13-11-25(33)12-14-26/h11-14,19,28-29,34H,6-10,15-18H2,1-5H3. The van der Waals surface area contributed by atoms with Crippen LogP contribution in [-0.2, 0) is 19.6 Å². The van der Waals surface area contributed by atoms with E-state index in [4.69, 9.17) is 0 Å². The van der Waals surface area contributed by atoms with E-state index in [1.54, 1.807) is 20.7 Å². The smallest absolute Gasteiger partial charge is 0.251 e. The largest absolute Gasteiger partial charge is 0.334 e. The summed E-state index contributed by atoms with van der Waals surface area (Å²) in [5, 5.41) is 8.77. The monoisotopic (exact) mass is 684 g/mol. The third kappa shape index (κ3) is 6.34. The molecule has 0 spiro atoms. The van der Waals surface area contributed by atoms with Crippen molar-refractivity contribution in [2.45, 2.75) is 90.1 Å². The summed E-state index contributed by atoms with van der Waals surface area (Å²) < 4.78 is 32.0. The zero-order valence-corrected chi connectivity index (χ0v) is 28.5. The van der Waals surface area contributed by atoms with Gasteiger partial charge >= 0.3 is 0 Å². The number of hydrogen-bond donors (Lipinski definition) is 1. The molecule has 2 fully saturated rings. The van der Waals surface area contributed by atoms with Crippen molar-refractivity contribution in [3.63, 3.8) is 0 Å². The molecule has 2 atom stereocenters. The number of sulfonamides is 1. The minimum atomic E-state index is -3.80. The van der Waals surface area contributed by atoms with Crippen LogP contribution in [0.4, 0.5) is 5.69 Å². The molecule has 1 aromatic heterocycles. The van der Waals surface area contributed by atoms with E-state index >= 15 is 0 Å². The molecule has 2 amide bonds. The highest BCUT2D eigenvalue weighted by molar-refractivity contribution is 9.10. The lowest BCUT2D eigenvalue weighted by Crippen LogP contribution is -2.42. The average molecular weight is 686 g/mol. The molecule has 5 rings (SSSR count). The Bertz CT molecular complexity index is 1640. The third-order valence-corrected chi connectivity index (χ3v) is 11.7. The number of benzene rings is 2. The van der Waals surface area contributed by atoms with Crippen LogP contribution in [0, 0.1) is 34.6 Å². The number of nitrogens with one attached hydrogen (secondary N) is 1. The van der Waals surface area contributed by atoms with Crippen molar-refractivity contribution < 1.29 is 18.0 Å². The van der Waals surface area contributed by atoms with Crippen LogP contribution in [0.15, 0.2) is 39.8 Å². The number of aromatic nitrogens is 3. The molecule has 0 aliphatic carbocycles. The molecule has 2 aliphatic heterocycles. The molecule has 0 saturated carbocycles. The van der Waals surface area contributed by atoms with Crippen molar-refractivity contribution >= 4 is 43.5 Å². The molecule has 2 aromatic carbocycles. The summed E-state index contributed by atoms with van der Waals surface area (Å²) in [5.74, 6) is -0.157. The van der Waals surface area contributed by atoms with E-state index < -0.39 is 16.1 Å². The van der Waals surface area contributed by atoms with Crippen LogP contribution >= 0.6 is 15.9 Å². The lowest BCUT2D eigenvalue weighted by Gasteiger charge is -2.35. The lowest BCUT2D eigenvalue weighted by molar-refractivity contribution is -0.135. The van der Waals surface area contributed by atoms with E-state index in [-0.39, 0.29) is 30.8 Å². The second kappa shape index (κ2) is 13.1. The van der Waals surface area contributed by atoms with Gasteiger partial charge in [-0.2, -0.15) is 0 Å². The van der Waals surface area contributed by atoms with Crippen LogP contribution < -0.4 is 9.62 Å². The van der Waals surface area contributed by atoms with E-state index in [1.807, 2.05) is 58.9 Å². The molecular formula is C32H41BrN6O4S. The van der Waals surface area contributed by atoms with Crippen LogP contribution in [0.1, 0.15) is 84.1 Å². The molecule has 0 radical (unpaired) electrons. The second-order valence-corrected chi connectivity index (χ2v) is 14.6. The predicted octanol–water partition coefficient (Wildman–Crippen LogP) is 5.37. The first-order valence-electron chi connectivity index (χ1n) is 15.3. The topological polar surface area (TPSA) is 118 Å². The van der Waals surface area contributed by atoms with E-state index in [9.17, 15) is 18.0 Å². The number of halogens is 1. The van der Waals surface area contributed by atoms with Gasteiger partial charge in [0.25, 0.3) is 5.91 Å². The number of hydrogen-bond acceptors (Lipinski definition) is 6. The first-order valence-corrected chi connectivity index (χ1v) is 17.5. The van der Waals surface area contributed by atoms with E-state index in [0.717, 1.165) is 63.7 Å². The molecule has 236 valence electrons. The first-order chi connectivity index (χ1) is 20.9. The summed E-state index contributed by atoms with van der Waals surface area (Å²) >= 11 is 3.45.